The zero-order chi connectivity index (χ0) is 13.6. The van der Waals surface area contributed by atoms with Crippen molar-refractivity contribution >= 4 is 16.9 Å². The van der Waals surface area contributed by atoms with Gasteiger partial charge in [0.15, 0.2) is 8.32 Å². The minimum Gasteiger partial charge on any atom is -0.435 e. The Morgan fingerprint density at radius 3 is 1.53 bits per heavy atom. The maximum atomic E-state index is 10.0. The Kier molecular flexibility index (Phi) is 3.94. The highest BCUT2D eigenvalue weighted by molar-refractivity contribution is 6.83. The van der Waals surface area contributed by atoms with Crippen LogP contribution >= 0.6 is 0 Å². The Balaban J connectivity index is 3.10. The average molecular weight is 271 g/mol. The van der Waals surface area contributed by atoms with Gasteiger partial charge in [0.05, 0.1) is 0 Å². The molecule has 1 aliphatic carbocycles. The van der Waals surface area contributed by atoms with Crippen LogP contribution in [0.1, 0.15) is 27.7 Å². The van der Waals surface area contributed by atoms with Gasteiger partial charge in [-0.25, -0.2) is 0 Å². The van der Waals surface area contributed by atoms with Crippen molar-refractivity contribution in [1.82, 2.24) is 0 Å². The number of hydrogen-bond donors (Lipinski definition) is 1. The second-order valence-corrected chi connectivity index (χ2v) is 13.7. The van der Waals surface area contributed by atoms with Gasteiger partial charge in [-0.1, -0.05) is 11.1 Å². The SMILES string of the molecule is CC1=C(C)C([Si](C)(C)O[Si](C)(C)O)C(C)=C1C. The third-order valence-electron chi connectivity index (χ3n) is 3.82. The van der Waals surface area contributed by atoms with E-state index in [1.54, 1.807) is 0 Å². The first kappa shape index (κ1) is 14.9. The molecule has 0 fully saturated rings. The summed E-state index contributed by atoms with van der Waals surface area (Å²) < 4.78 is 6.11. The molecule has 0 aromatic carbocycles. The quantitative estimate of drug-likeness (QED) is 0.787. The lowest BCUT2D eigenvalue weighted by Gasteiger charge is -2.36. The second kappa shape index (κ2) is 4.50. The van der Waals surface area contributed by atoms with Gasteiger partial charge in [-0.05, 0) is 65.0 Å². The Hall–Kier alpha value is -0.166. The smallest absolute Gasteiger partial charge is 0.318 e. The molecule has 0 atom stereocenters. The number of allylic oxidation sites excluding steroid dienone is 4. The Labute approximate surface area is 108 Å². The zero-order valence-electron chi connectivity index (χ0n) is 12.4. The van der Waals surface area contributed by atoms with Gasteiger partial charge in [-0.2, -0.15) is 0 Å². The van der Waals surface area contributed by atoms with Crippen LogP contribution in [0, 0.1) is 0 Å². The van der Waals surface area contributed by atoms with E-state index in [1.165, 1.54) is 22.3 Å². The molecule has 1 rings (SSSR count). The summed E-state index contributed by atoms with van der Waals surface area (Å²) in [5, 5.41) is 0. The summed E-state index contributed by atoms with van der Waals surface area (Å²) >= 11 is 0. The molecular weight excluding hydrogens is 244 g/mol. The number of hydrogen-bond acceptors (Lipinski definition) is 2. The predicted octanol–water partition coefficient (Wildman–Crippen LogP) is 3.96. The van der Waals surface area contributed by atoms with Crippen molar-refractivity contribution in [1.29, 1.82) is 0 Å². The standard InChI is InChI=1S/C13H26O2Si2/c1-9-10(2)12(4)13(11(9)3)16(5,6)15-17(7,8)14/h13-14H,1-8H3. The average Bonchev–Trinajstić information content (AvgIpc) is 2.27. The topological polar surface area (TPSA) is 29.5 Å². The second-order valence-electron chi connectivity index (χ2n) is 6.20. The van der Waals surface area contributed by atoms with Crippen LogP contribution in [0.4, 0.5) is 0 Å². The first-order valence-corrected chi connectivity index (χ1v) is 12.1. The molecule has 17 heavy (non-hydrogen) atoms. The van der Waals surface area contributed by atoms with Gasteiger partial charge >= 0.3 is 8.56 Å². The largest absolute Gasteiger partial charge is 0.435 e. The fourth-order valence-corrected chi connectivity index (χ4v) is 11.2. The van der Waals surface area contributed by atoms with Crippen LogP contribution in [0.5, 0.6) is 0 Å². The molecular formula is C13H26O2Si2. The Morgan fingerprint density at radius 1 is 0.882 bits per heavy atom. The van der Waals surface area contributed by atoms with Gasteiger partial charge in [0, 0.05) is 5.54 Å². The van der Waals surface area contributed by atoms with Crippen molar-refractivity contribution in [2.45, 2.75) is 59.4 Å². The maximum Gasteiger partial charge on any atom is 0.318 e. The summed E-state index contributed by atoms with van der Waals surface area (Å²) in [6.45, 7) is 17.0. The molecule has 1 aliphatic rings. The molecule has 0 saturated carbocycles. The van der Waals surface area contributed by atoms with Crippen LogP contribution < -0.4 is 0 Å². The van der Waals surface area contributed by atoms with Crippen LogP contribution in [-0.2, 0) is 4.12 Å². The van der Waals surface area contributed by atoms with Gasteiger partial charge < -0.3 is 8.91 Å². The highest BCUT2D eigenvalue weighted by Gasteiger charge is 2.43. The molecule has 0 heterocycles. The monoisotopic (exact) mass is 270 g/mol. The van der Waals surface area contributed by atoms with Crippen LogP contribution in [0.15, 0.2) is 22.3 Å². The van der Waals surface area contributed by atoms with Crippen molar-refractivity contribution in [2.24, 2.45) is 0 Å². The van der Waals surface area contributed by atoms with Crippen LogP contribution in [-0.4, -0.2) is 21.7 Å². The van der Waals surface area contributed by atoms with Crippen LogP contribution in [0.2, 0.25) is 31.7 Å². The summed E-state index contributed by atoms with van der Waals surface area (Å²) in [6, 6.07) is 0. The van der Waals surface area contributed by atoms with Gasteiger partial charge in [-0.15, -0.1) is 0 Å². The fourth-order valence-electron chi connectivity index (χ4n) is 3.09. The lowest BCUT2D eigenvalue weighted by Crippen LogP contribution is -2.47. The lowest BCUT2D eigenvalue weighted by atomic mass is 10.1. The predicted molar refractivity (Wildman–Crippen MR) is 78.8 cm³/mol. The normalized spacial score (nSPS) is 19.6. The molecule has 0 bridgehead atoms. The van der Waals surface area contributed by atoms with E-state index in [1.807, 2.05) is 13.1 Å². The molecule has 2 nitrogen and oxygen atoms in total. The van der Waals surface area contributed by atoms with Crippen molar-refractivity contribution in [3.05, 3.63) is 22.3 Å². The van der Waals surface area contributed by atoms with Crippen LogP contribution in [0.25, 0.3) is 0 Å². The van der Waals surface area contributed by atoms with Gasteiger partial charge in [0.25, 0.3) is 0 Å². The van der Waals surface area contributed by atoms with Crippen molar-refractivity contribution in [3.63, 3.8) is 0 Å². The van der Waals surface area contributed by atoms with E-state index in [2.05, 4.69) is 40.8 Å². The van der Waals surface area contributed by atoms with Gasteiger partial charge in [0.1, 0.15) is 0 Å². The van der Waals surface area contributed by atoms with Crippen LogP contribution in [0.3, 0.4) is 0 Å². The third-order valence-corrected chi connectivity index (χ3v) is 10.2. The molecule has 98 valence electrons. The lowest BCUT2D eigenvalue weighted by molar-refractivity contribution is 0.383. The summed E-state index contributed by atoms with van der Waals surface area (Å²) in [7, 11) is -4.37. The van der Waals surface area contributed by atoms with E-state index in [-0.39, 0.29) is 0 Å². The highest BCUT2D eigenvalue weighted by Crippen LogP contribution is 2.47. The molecule has 0 aromatic heterocycles. The Bertz CT molecular complexity index is 363. The molecule has 0 aliphatic heterocycles. The van der Waals surface area contributed by atoms with Gasteiger partial charge in [0.2, 0.25) is 0 Å². The molecule has 0 aromatic rings. The summed E-state index contributed by atoms with van der Waals surface area (Å²) in [5.74, 6) is 0. The zero-order valence-corrected chi connectivity index (χ0v) is 14.4. The number of rotatable bonds is 3. The van der Waals surface area contributed by atoms with Crippen molar-refractivity contribution in [3.8, 4) is 0 Å². The fraction of sp³-hybridized carbons (Fsp3) is 0.692. The molecule has 1 N–H and O–H groups in total. The molecule has 0 spiro atoms. The molecule has 4 heteroatoms. The van der Waals surface area contributed by atoms with E-state index >= 15 is 0 Å². The van der Waals surface area contributed by atoms with Crippen molar-refractivity contribution < 1.29 is 8.91 Å². The van der Waals surface area contributed by atoms with E-state index < -0.39 is 16.9 Å². The summed E-state index contributed by atoms with van der Waals surface area (Å²) in [4.78, 5) is 10.0. The van der Waals surface area contributed by atoms with Crippen molar-refractivity contribution in [2.75, 3.05) is 0 Å². The van der Waals surface area contributed by atoms with E-state index in [4.69, 9.17) is 4.12 Å². The summed E-state index contributed by atoms with van der Waals surface area (Å²) in [5.41, 5.74) is 6.13. The molecule has 0 amide bonds. The maximum absolute atomic E-state index is 10.0. The molecule has 0 radical (unpaired) electrons. The van der Waals surface area contributed by atoms with E-state index in [9.17, 15) is 4.80 Å². The van der Waals surface area contributed by atoms with E-state index in [0.717, 1.165) is 0 Å². The minimum atomic E-state index is -2.45. The first-order valence-electron chi connectivity index (χ1n) is 6.25. The van der Waals surface area contributed by atoms with E-state index in [0.29, 0.717) is 5.54 Å². The summed E-state index contributed by atoms with van der Waals surface area (Å²) in [6.07, 6.45) is 0. The molecule has 0 unspecified atom stereocenters. The first-order chi connectivity index (χ1) is 7.47. The third kappa shape index (κ3) is 2.99. The highest BCUT2D eigenvalue weighted by atomic mass is 28.4. The van der Waals surface area contributed by atoms with Gasteiger partial charge in [-0.3, -0.25) is 0 Å². The molecule has 0 saturated heterocycles. The Morgan fingerprint density at radius 2 is 1.24 bits per heavy atom. The minimum absolute atomic E-state index is 0.432.